The SMILES string of the molecule is Cc1ccccc1-c1cc(O)ccc1C(=O)Nc1cccc(-c2ccccn2)c1. The van der Waals surface area contributed by atoms with Crippen molar-refractivity contribution < 1.29 is 9.90 Å². The third-order valence-electron chi connectivity index (χ3n) is 4.76. The Hall–Kier alpha value is -3.92. The number of phenolic OH excluding ortho intramolecular Hbond substituents is 1. The molecule has 0 aliphatic carbocycles. The molecule has 4 nitrogen and oxygen atoms in total. The molecule has 1 amide bonds. The van der Waals surface area contributed by atoms with Crippen LogP contribution in [0.5, 0.6) is 5.75 Å². The Kier molecular flexibility index (Phi) is 5.08. The summed E-state index contributed by atoms with van der Waals surface area (Å²) in [5.74, 6) is -0.113. The van der Waals surface area contributed by atoms with Gasteiger partial charge < -0.3 is 10.4 Å². The van der Waals surface area contributed by atoms with E-state index in [1.807, 2.05) is 73.7 Å². The van der Waals surface area contributed by atoms with Gasteiger partial charge in [-0.3, -0.25) is 9.78 Å². The van der Waals surface area contributed by atoms with Crippen LogP contribution >= 0.6 is 0 Å². The van der Waals surface area contributed by atoms with Crippen LogP contribution in [0.25, 0.3) is 22.4 Å². The van der Waals surface area contributed by atoms with Crippen LogP contribution < -0.4 is 5.32 Å². The van der Waals surface area contributed by atoms with Crippen molar-refractivity contribution in [1.29, 1.82) is 0 Å². The lowest BCUT2D eigenvalue weighted by Crippen LogP contribution is -2.13. The van der Waals surface area contributed by atoms with E-state index in [0.717, 1.165) is 22.4 Å². The summed E-state index contributed by atoms with van der Waals surface area (Å²) >= 11 is 0. The summed E-state index contributed by atoms with van der Waals surface area (Å²) in [6.45, 7) is 1.98. The van der Waals surface area contributed by atoms with Crippen LogP contribution in [0.15, 0.2) is 91.1 Å². The number of rotatable bonds is 4. The number of anilines is 1. The largest absolute Gasteiger partial charge is 0.508 e. The molecule has 0 saturated carbocycles. The Morgan fingerprint density at radius 1 is 0.862 bits per heavy atom. The number of benzene rings is 3. The molecule has 0 bridgehead atoms. The number of nitrogens with one attached hydrogen (secondary N) is 1. The van der Waals surface area contributed by atoms with Gasteiger partial charge in [0, 0.05) is 23.0 Å². The Balaban J connectivity index is 1.68. The average Bonchev–Trinajstić information content (AvgIpc) is 2.75. The van der Waals surface area contributed by atoms with Crippen molar-refractivity contribution in [2.45, 2.75) is 6.92 Å². The molecule has 3 aromatic carbocycles. The van der Waals surface area contributed by atoms with E-state index in [9.17, 15) is 9.90 Å². The fourth-order valence-electron chi connectivity index (χ4n) is 3.32. The van der Waals surface area contributed by atoms with Crippen molar-refractivity contribution in [2.24, 2.45) is 0 Å². The first-order chi connectivity index (χ1) is 14.1. The zero-order valence-electron chi connectivity index (χ0n) is 16.0. The Morgan fingerprint density at radius 2 is 1.69 bits per heavy atom. The third-order valence-corrected chi connectivity index (χ3v) is 4.76. The third kappa shape index (κ3) is 4.01. The molecule has 0 radical (unpaired) electrons. The maximum atomic E-state index is 13.1. The van der Waals surface area contributed by atoms with Gasteiger partial charge in [-0.2, -0.15) is 0 Å². The van der Waals surface area contributed by atoms with Gasteiger partial charge in [-0.05, 0) is 66.1 Å². The number of phenols is 1. The van der Waals surface area contributed by atoms with Gasteiger partial charge in [0.15, 0.2) is 0 Å². The number of hydrogen-bond donors (Lipinski definition) is 2. The Bertz CT molecular complexity index is 1170. The predicted octanol–water partition coefficient (Wildman–Crippen LogP) is 5.68. The van der Waals surface area contributed by atoms with Crippen LogP contribution in [0, 0.1) is 6.92 Å². The molecule has 1 aromatic heterocycles. The van der Waals surface area contributed by atoms with E-state index in [4.69, 9.17) is 0 Å². The number of carbonyl (C=O) groups excluding carboxylic acids is 1. The molecule has 4 heteroatoms. The van der Waals surface area contributed by atoms with Crippen LogP contribution in [0.1, 0.15) is 15.9 Å². The molecule has 0 aliphatic heterocycles. The highest BCUT2D eigenvalue weighted by Crippen LogP contribution is 2.31. The molecular formula is C25H20N2O2. The number of hydrogen-bond acceptors (Lipinski definition) is 3. The highest BCUT2D eigenvalue weighted by molar-refractivity contribution is 6.09. The van der Waals surface area contributed by atoms with Crippen LogP contribution in [-0.2, 0) is 0 Å². The highest BCUT2D eigenvalue weighted by atomic mass is 16.3. The summed E-state index contributed by atoms with van der Waals surface area (Å²) in [5.41, 5.74) is 5.59. The average molecular weight is 380 g/mol. The van der Waals surface area contributed by atoms with Crippen molar-refractivity contribution in [1.82, 2.24) is 4.98 Å². The van der Waals surface area contributed by atoms with E-state index in [1.165, 1.54) is 6.07 Å². The Morgan fingerprint density at radius 3 is 2.48 bits per heavy atom. The topological polar surface area (TPSA) is 62.2 Å². The highest BCUT2D eigenvalue weighted by Gasteiger charge is 2.15. The minimum Gasteiger partial charge on any atom is -0.508 e. The normalized spacial score (nSPS) is 10.5. The van der Waals surface area contributed by atoms with E-state index >= 15 is 0 Å². The number of aromatic hydroxyl groups is 1. The fourth-order valence-corrected chi connectivity index (χ4v) is 3.32. The molecule has 142 valence electrons. The van der Waals surface area contributed by atoms with Crippen LogP contribution in [0.3, 0.4) is 0 Å². The summed E-state index contributed by atoms with van der Waals surface area (Å²) in [5, 5.41) is 13.0. The van der Waals surface area contributed by atoms with Crippen molar-refractivity contribution >= 4 is 11.6 Å². The van der Waals surface area contributed by atoms with Gasteiger partial charge in [-0.25, -0.2) is 0 Å². The van der Waals surface area contributed by atoms with Gasteiger partial charge in [-0.1, -0.05) is 42.5 Å². The second-order valence-electron chi connectivity index (χ2n) is 6.79. The zero-order chi connectivity index (χ0) is 20.2. The quantitative estimate of drug-likeness (QED) is 0.479. The van der Waals surface area contributed by atoms with E-state index in [-0.39, 0.29) is 11.7 Å². The molecule has 0 aliphatic rings. The van der Waals surface area contributed by atoms with Gasteiger partial charge in [0.25, 0.3) is 5.91 Å². The maximum absolute atomic E-state index is 13.1. The lowest BCUT2D eigenvalue weighted by Gasteiger charge is -2.13. The van der Waals surface area contributed by atoms with Gasteiger partial charge in [0.05, 0.1) is 5.69 Å². The second-order valence-corrected chi connectivity index (χ2v) is 6.79. The molecule has 0 fully saturated rings. The van der Waals surface area contributed by atoms with Gasteiger partial charge in [-0.15, -0.1) is 0 Å². The second kappa shape index (κ2) is 7.98. The summed E-state index contributed by atoms with van der Waals surface area (Å²) in [7, 11) is 0. The van der Waals surface area contributed by atoms with Gasteiger partial charge >= 0.3 is 0 Å². The van der Waals surface area contributed by atoms with Crippen molar-refractivity contribution in [3.63, 3.8) is 0 Å². The van der Waals surface area contributed by atoms with Crippen molar-refractivity contribution in [3.8, 4) is 28.1 Å². The molecule has 2 N–H and O–H groups in total. The predicted molar refractivity (Wildman–Crippen MR) is 116 cm³/mol. The van der Waals surface area contributed by atoms with Crippen LogP contribution in [-0.4, -0.2) is 16.0 Å². The molecule has 4 aromatic rings. The number of aryl methyl sites for hydroxylation is 1. The van der Waals surface area contributed by atoms with Crippen molar-refractivity contribution in [2.75, 3.05) is 5.32 Å². The number of aromatic nitrogens is 1. The molecule has 4 rings (SSSR count). The van der Waals surface area contributed by atoms with E-state index in [0.29, 0.717) is 16.8 Å². The summed E-state index contributed by atoms with van der Waals surface area (Å²) in [4.78, 5) is 17.4. The minimum atomic E-state index is -0.235. The first kappa shape index (κ1) is 18.4. The van der Waals surface area contributed by atoms with Crippen LogP contribution in [0.2, 0.25) is 0 Å². The maximum Gasteiger partial charge on any atom is 0.256 e. The number of nitrogens with zero attached hydrogens (tertiary/aromatic N) is 1. The number of pyridine rings is 1. The number of amides is 1. The lowest BCUT2D eigenvalue weighted by atomic mass is 9.95. The fraction of sp³-hybridized carbons (Fsp3) is 0.0400. The molecule has 0 unspecified atom stereocenters. The van der Waals surface area contributed by atoms with Gasteiger partial charge in [0.1, 0.15) is 5.75 Å². The zero-order valence-corrected chi connectivity index (χ0v) is 16.0. The van der Waals surface area contributed by atoms with Crippen LogP contribution in [0.4, 0.5) is 5.69 Å². The lowest BCUT2D eigenvalue weighted by molar-refractivity contribution is 0.102. The summed E-state index contributed by atoms with van der Waals surface area (Å²) in [6, 6.07) is 25.9. The smallest absolute Gasteiger partial charge is 0.256 e. The standard InChI is InChI=1S/C25H20N2O2/c1-17-7-2-3-10-21(17)23-16-20(28)12-13-22(23)25(29)27-19-9-6-8-18(15-19)24-11-4-5-14-26-24/h2-16,28H,1H3,(H,27,29). The monoisotopic (exact) mass is 380 g/mol. The van der Waals surface area contributed by atoms with E-state index < -0.39 is 0 Å². The molecule has 29 heavy (non-hydrogen) atoms. The summed E-state index contributed by atoms with van der Waals surface area (Å²) in [6.07, 6.45) is 1.74. The molecule has 1 heterocycles. The number of carbonyl (C=O) groups is 1. The van der Waals surface area contributed by atoms with Gasteiger partial charge in [0.2, 0.25) is 0 Å². The summed E-state index contributed by atoms with van der Waals surface area (Å²) < 4.78 is 0. The molecule has 0 saturated heterocycles. The first-order valence-corrected chi connectivity index (χ1v) is 9.33. The molecule has 0 spiro atoms. The van der Waals surface area contributed by atoms with E-state index in [1.54, 1.807) is 18.3 Å². The molecular weight excluding hydrogens is 360 g/mol. The minimum absolute atomic E-state index is 0.122. The Labute approximate surface area is 169 Å². The molecule has 0 atom stereocenters. The van der Waals surface area contributed by atoms with E-state index in [2.05, 4.69) is 10.3 Å². The first-order valence-electron chi connectivity index (χ1n) is 9.33. The van der Waals surface area contributed by atoms with Crippen molar-refractivity contribution in [3.05, 3.63) is 102 Å².